The Labute approximate surface area is 170 Å². The molecule has 0 atom stereocenters. The van der Waals surface area contributed by atoms with Crippen LogP contribution in [0.15, 0.2) is 53.4 Å². The number of nitrogens with one attached hydrogen (secondary N) is 1. The Morgan fingerprint density at radius 2 is 1.89 bits per heavy atom. The number of aryl methyl sites for hydroxylation is 1. The van der Waals surface area contributed by atoms with Gasteiger partial charge in [0, 0.05) is 16.5 Å². The van der Waals surface area contributed by atoms with Gasteiger partial charge in [-0.05, 0) is 48.9 Å². The summed E-state index contributed by atoms with van der Waals surface area (Å²) in [5.74, 6) is 0.523. The molecule has 1 N–H and O–H groups in total. The van der Waals surface area contributed by atoms with Gasteiger partial charge in [-0.3, -0.25) is 9.10 Å². The number of thioether (sulfide) groups is 1. The summed E-state index contributed by atoms with van der Waals surface area (Å²) in [7, 11) is -3.60. The Balaban J connectivity index is 1.86. The zero-order chi connectivity index (χ0) is 19.9. The molecule has 2 aromatic carbocycles. The molecule has 0 unspecified atom stereocenters. The van der Waals surface area contributed by atoms with E-state index in [1.807, 2.05) is 37.3 Å². The highest BCUT2D eigenvalue weighted by Crippen LogP contribution is 2.24. The molecule has 2 aromatic rings. The largest absolute Gasteiger partial charge is 0.354 e. The van der Waals surface area contributed by atoms with E-state index in [1.165, 1.54) is 4.90 Å². The van der Waals surface area contributed by atoms with Crippen LogP contribution in [0.5, 0.6) is 0 Å². The average Bonchev–Trinajstić information content (AvgIpc) is 2.62. The molecule has 0 saturated carbocycles. The van der Waals surface area contributed by atoms with Crippen LogP contribution in [0.2, 0.25) is 5.02 Å². The smallest absolute Gasteiger partial charge is 0.240 e. The zero-order valence-electron chi connectivity index (χ0n) is 15.3. The van der Waals surface area contributed by atoms with Gasteiger partial charge in [0.05, 0.1) is 11.9 Å². The fourth-order valence-corrected chi connectivity index (χ4v) is 4.23. The highest BCUT2D eigenvalue weighted by Gasteiger charge is 2.21. The molecule has 0 bridgehead atoms. The van der Waals surface area contributed by atoms with Gasteiger partial charge in [0.25, 0.3) is 0 Å². The molecule has 0 aliphatic carbocycles. The van der Waals surface area contributed by atoms with E-state index in [0.29, 0.717) is 17.3 Å². The second-order valence-corrected chi connectivity index (χ2v) is 9.55. The van der Waals surface area contributed by atoms with Crippen molar-refractivity contribution in [1.29, 1.82) is 0 Å². The fraction of sp³-hybridized carbons (Fsp3) is 0.316. The van der Waals surface area contributed by atoms with Crippen LogP contribution in [0.1, 0.15) is 12.0 Å². The summed E-state index contributed by atoms with van der Waals surface area (Å²) in [5.41, 5.74) is 1.22. The van der Waals surface area contributed by atoms with Crippen LogP contribution in [-0.2, 0) is 14.8 Å². The van der Waals surface area contributed by atoms with Gasteiger partial charge in [0.1, 0.15) is 6.54 Å². The predicted molar refractivity (Wildman–Crippen MR) is 113 cm³/mol. The number of carbonyl (C=O) groups excluding carboxylic acids is 1. The van der Waals surface area contributed by atoms with Crippen LogP contribution in [-0.4, -0.2) is 39.4 Å². The number of hydrogen-bond acceptors (Lipinski definition) is 4. The maximum Gasteiger partial charge on any atom is 0.240 e. The lowest BCUT2D eigenvalue weighted by atomic mass is 10.2. The first kappa shape index (κ1) is 21.6. The number of amides is 1. The molecule has 0 heterocycles. The molecule has 146 valence electrons. The summed E-state index contributed by atoms with van der Waals surface area (Å²) in [6.07, 6.45) is 1.87. The van der Waals surface area contributed by atoms with E-state index in [9.17, 15) is 13.2 Å². The van der Waals surface area contributed by atoms with Crippen molar-refractivity contribution in [1.82, 2.24) is 5.32 Å². The first-order valence-electron chi connectivity index (χ1n) is 8.46. The van der Waals surface area contributed by atoms with Gasteiger partial charge >= 0.3 is 0 Å². The van der Waals surface area contributed by atoms with Crippen molar-refractivity contribution in [2.24, 2.45) is 0 Å². The highest BCUT2D eigenvalue weighted by molar-refractivity contribution is 7.99. The maximum atomic E-state index is 12.2. The van der Waals surface area contributed by atoms with E-state index >= 15 is 0 Å². The minimum absolute atomic E-state index is 0.274. The van der Waals surface area contributed by atoms with Crippen LogP contribution < -0.4 is 9.62 Å². The van der Waals surface area contributed by atoms with Crippen LogP contribution >= 0.6 is 23.4 Å². The Morgan fingerprint density at radius 3 is 2.52 bits per heavy atom. The molecule has 27 heavy (non-hydrogen) atoms. The number of nitrogens with zero attached hydrogens (tertiary/aromatic N) is 1. The van der Waals surface area contributed by atoms with E-state index in [-0.39, 0.29) is 12.5 Å². The number of anilines is 1. The summed E-state index contributed by atoms with van der Waals surface area (Å²) < 4.78 is 25.3. The molecule has 2 rings (SSSR count). The highest BCUT2D eigenvalue weighted by atomic mass is 35.5. The lowest BCUT2D eigenvalue weighted by Gasteiger charge is -2.22. The van der Waals surface area contributed by atoms with Gasteiger partial charge in [-0.2, -0.15) is 0 Å². The molecule has 0 saturated heterocycles. The van der Waals surface area contributed by atoms with Gasteiger partial charge < -0.3 is 5.32 Å². The lowest BCUT2D eigenvalue weighted by molar-refractivity contribution is -0.119. The quantitative estimate of drug-likeness (QED) is 0.490. The molecule has 5 nitrogen and oxygen atoms in total. The average molecular weight is 427 g/mol. The lowest BCUT2D eigenvalue weighted by Crippen LogP contribution is -2.40. The van der Waals surface area contributed by atoms with Crippen LogP contribution in [0.3, 0.4) is 0 Å². The molecular formula is C19H23ClN2O3S2. The summed E-state index contributed by atoms with van der Waals surface area (Å²) in [6.45, 7) is 2.05. The number of benzene rings is 2. The summed E-state index contributed by atoms with van der Waals surface area (Å²) in [6, 6.07) is 15.0. The topological polar surface area (TPSA) is 66.5 Å². The fourth-order valence-electron chi connectivity index (χ4n) is 2.33. The number of rotatable bonds is 9. The molecule has 0 aliphatic heterocycles. The van der Waals surface area contributed by atoms with Gasteiger partial charge in [-0.25, -0.2) is 8.42 Å². The van der Waals surface area contributed by atoms with Crippen molar-refractivity contribution in [3.05, 3.63) is 59.1 Å². The van der Waals surface area contributed by atoms with Crippen LogP contribution in [0.4, 0.5) is 5.69 Å². The van der Waals surface area contributed by atoms with Gasteiger partial charge in [-0.15, -0.1) is 11.8 Å². The third-order valence-electron chi connectivity index (χ3n) is 3.79. The van der Waals surface area contributed by atoms with Crippen LogP contribution in [0.25, 0.3) is 0 Å². The minimum atomic E-state index is -3.60. The van der Waals surface area contributed by atoms with Crippen molar-refractivity contribution in [2.45, 2.75) is 18.2 Å². The third kappa shape index (κ3) is 7.08. The summed E-state index contributed by atoms with van der Waals surface area (Å²) in [5, 5.41) is 3.23. The van der Waals surface area contributed by atoms with Crippen molar-refractivity contribution in [2.75, 3.05) is 29.4 Å². The first-order chi connectivity index (χ1) is 12.8. The third-order valence-corrected chi connectivity index (χ3v) is 6.43. The van der Waals surface area contributed by atoms with E-state index in [4.69, 9.17) is 11.6 Å². The standard InChI is InChI=1S/C19H23ClN2O3S2/c1-15-9-10-16(13-18(15)20)22(27(2,24)25)14-19(23)21-11-6-12-26-17-7-4-3-5-8-17/h3-5,7-10,13H,6,11-12,14H2,1-2H3,(H,21,23). The monoisotopic (exact) mass is 426 g/mol. The molecule has 0 aromatic heterocycles. The van der Waals surface area contributed by atoms with E-state index in [1.54, 1.807) is 30.0 Å². The van der Waals surface area contributed by atoms with Gasteiger partial charge in [0.2, 0.25) is 15.9 Å². The van der Waals surface area contributed by atoms with E-state index in [0.717, 1.165) is 28.3 Å². The number of hydrogen-bond donors (Lipinski definition) is 1. The van der Waals surface area contributed by atoms with Gasteiger partial charge in [-0.1, -0.05) is 35.9 Å². The predicted octanol–water partition coefficient (Wildman–Crippen LogP) is 3.71. The van der Waals surface area contributed by atoms with E-state index < -0.39 is 10.0 Å². The molecule has 0 spiro atoms. The minimum Gasteiger partial charge on any atom is -0.354 e. The second kappa shape index (κ2) is 10.0. The molecule has 0 fully saturated rings. The van der Waals surface area contributed by atoms with Crippen molar-refractivity contribution in [3.8, 4) is 0 Å². The number of carbonyl (C=O) groups is 1. The Bertz CT molecular complexity index is 874. The number of sulfonamides is 1. The summed E-state index contributed by atoms with van der Waals surface area (Å²) >= 11 is 7.81. The molecule has 8 heteroatoms. The normalized spacial score (nSPS) is 11.2. The SMILES string of the molecule is Cc1ccc(N(CC(=O)NCCCSc2ccccc2)S(C)(=O)=O)cc1Cl. The second-order valence-electron chi connectivity index (χ2n) is 6.07. The van der Waals surface area contributed by atoms with E-state index in [2.05, 4.69) is 5.32 Å². The Hall–Kier alpha value is -1.70. The molecule has 1 amide bonds. The van der Waals surface area contributed by atoms with Crippen LogP contribution in [0, 0.1) is 6.92 Å². The first-order valence-corrected chi connectivity index (χ1v) is 11.7. The maximum absolute atomic E-state index is 12.2. The van der Waals surface area contributed by atoms with Gasteiger partial charge in [0.15, 0.2) is 0 Å². The molecular weight excluding hydrogens is 404 g/mol. The molecule has 0 aliphatic rings. The Morgan fingerprint density at radius 1 is 1.19 bits per heavy atom. The van der Waals surface area contributed by atoms with Crippen molar-refractivity contribution in [3.63, 3.8) is 0 Å². The number of halogens is 1. The Kier molecular flexibility index (Phi) is 8.01. The van der Waals surface area contributed by atoms with Crippen molar-refractivity contribution < 1.29 is 13.2 Å². The zero-order valence-corrected chi connectivity index (χ0v) is 17.7. The molecule has 0 radical (unpaired) electrons. The van der Waals surface area contributed by atoms with Crippen molar-refractivity contribution >= 4 is 45.0 Å². The summed E-state index contributed by atoms with van der Waals surface area (Å²) in [4.78, 5) is 13.4.